The first-order valence-electron chi connectivity index (χ1n) is 7.03. The molecule has 0 spiro atoms. The molecule has 2 nitrogen and oxygen atoms in total. The Morgan fingerprint density at radius 3 is 2.74 bits per heavy atom. The van der Waals surface area contributed by atoms with Gasteiger partial charge in [0.25, 0.3) is 0 Å². The van der Waals surface area contributed by atoms with Crippen molar-refractivity contribution in [3.63, 3.8) is 0 Å². The maximum absolute atomic E-state index is 6.01. The zero-order valence-electron chi connectivity index (χ0n) is 11.4. The summed E-state index contributed by atoms with van der Waals surface area (Å²) in [6.07, 6.45) is 5.27. The van der Waals surface area contributed by atoms with E-state index in [4.69, 9.17) is 17.4 Å². The molecule has 0 aromatic heterocycles. The number of thioether (sulfide) groups is 1. The van der Waals surface area contributed by atoms with Gasteiger partial charge < -0.3 is 0 Å². The smallest absolute Gasteiger partial charge is 0.0417 e. The van der Waals surface area contributed by atoms with Crippen LogP contribution in [0.5, 0.6) is 0 Å². The van der Waals surface area contributed by atoms with Crippen molar-refractivity contribution >= 4 is 23.4 Å². The molecular formula is C15H23ClN2S. The maximum Gasteiger partial charge on any atom is 0.0417 e. The largest absolute Gasteiger partial charge is 0.271 e. The summed E-state index contributed by atoms with van der Waals surface area (Å²) in [5.74, 6) is 8.35. The molecule has 1 unspecified atom stereocenters. The summed E-state index contributed by atoms with van der Waals surface area (Å²) >= 11 is 7.84. The van der Waals surface area contributed by atoms with Crippen molar-refractivity contribution in [2.75, 3.05) is 5.75 Å². The first-order valence-corrected chi connectivity index (χ1v) is 8.40. The Balaban J connectivity index is 1.85. The van der Waals surface area contributed by atoms with Crippen molar-refractivity contribution < 1.29 is 0 Å². The first-order chi connectivity index (χ1) is 9.19. The third-order valence-electron chi connectivity index (χ3n) is 4.07. The van der Waals surface area contributed by atoms with Gasteiger partial charge in [-0.2, -0.15) is 0 Å². The molecule has 3 N–H and O–H groups in total. The molecule has 1 fully saturated rings. The topological polar surface area (TPSA) is 38.0 Å². The van der Waals surface area contributed by atoms with E-state index in [1.165, 1.54) is 30.6 Å². The molecule has 1 aromatic rings. The predicted octanol–water partition coefficient (Wildman–Crippen LogP) is 4.09. The zero-order chi connectivity index (χ0) is 13.7. The minimum Gasteiger partial charge on any atom is -0.271 e. The van der Waals surface area contributed by atoms with Crippen LogP contribution in [0, 0.1) is 11.8 Å². The summed E-state index contributed by atoms with van der Waals surface area (Å²) in [6, 6.07) is 8.43. The highest BCUT2D eigenvalue weighted by atomic mass is 35.5. The monoisotopic (exact) mass is 298 g/mol. The molecule has 106 valence electrons. The number of hydrazine groups is 1. The number of hydrogen-bond donors (Lipinski definition) is 2. The van der Waals surface area contributed by atoms with Crippen LogP contribution in [0.4, 0.5) is 0 Å². The van der Waals surface area contributed by atoms with E-state index in [0.717, 1.165) is 16.7 Å². The highest BCUT2D eigenvalue weighted by Crippen LogP contribution is 2.32. The minimum atomic E-state index is 0.400. The lowest BCUT2D eigenvalue weighted by Gasteiger charge is -2.32. The Hall–Kier alpha value is -0.220. The molecule has 4 heteroatoms. The fraction of sp³-hybridized carbons (Fsp3) is 0.600. The molecule has 2 rings (SSSR count). The summed E-state index contributed by atoms with van der Waals surface area (Å²) < 4.78 is 0. The van der Waals surface area contributed by atoms with E-state index >= 15 is 0 Å². The molecule has 19 heavy (non-hydrogen) atoms. The lowest BCUT2D eigenvalue weighted by molar-refractivity contribution is 0.243. The average Bonchev–Trinajstić information content (AvgIpc) is 2.41. The molecule has 0 radical (unpaired) electrons. The Kier molecular flexibility index (Phi) is 6.02. The van der Waals surface area contributed by atoms with Crippen molar-refractivity contribution in [1.29, 1.82) is 0 Å². The van der Waals surface area contributed by atoms with Crippen molar-refractivity contribution in [3.8, 4) is 0 Å². The number of benzene rings is 1. The summed E-state index contributed by atoms with van der Waals surface area (Å²) in [4.78, 5) is 1.22. The number of nitrogens with one attached hydrogen (secondary N) is 1. The molecule has 1 aromatic carbocycles. The van der Waals surface area contributed by atoms with E-state index in [2.05, 4.69) is 18.4 Å². The van der Waals surface area contributed by atoms with Crippen LogP contribution >= 0.6 is 23.4 Å². The fourth-order valence-electron chi connectivity index (χ4n) is 2.75. The van der Waals surface area contributed by atoms with Crippen LogP contribution < -0.4 is 11.3 Å². The first kappa shape index (κ1) is 15.2. The maximum atomic E-state index is 6.01. The van der Waals surface area contributed by atoms with Crippen molar-refractivity contribution in [1.82, 2.24) is 5.43 Å². The van der Waals surface area contributed by atoms with Crippen LogP contribution in [0.2, 0.25) is 5.02 Å². The van der Waals surface area contributed by atoms with Gasteiger partial charge in [0, 0.05) is 21.7 Å². The van der Waals surface area contributed by atoms with Crippen LogP contribution in [0.3, 0.4) is 0 Å². The SMILES string of the molecule is CC1CCC(C(CSc2cccc(Cl)c2)NN)CC1. The molecule has 1 saturated carbocycles. The Labute approximate surface area is 125 Å². The van der Waals surface area contributed by atoms with E-state index in [-0.39, 0.29) is 0 Å². The van der Waals surface area contributed by atoms with E-state index in [0.29, 0.717) is 12.0 Å². The second-order valence-electron chi connectivity index (χ2n) is 5.56. The lowest BCUT2D eigenvalue weighted by Crippen LogP contribution is -2.43. The van der Waals surface area contributed by atoms with Gasteiger partial charge in [0.2, 0.25) is 0 Å². The number of nitrogens with two attached hydrogens (primary N) is 1. The van der Waals surface area contributed by atoms with E-state index in [1.54, 1.807) is 0 Å². The highest BCUT2D eigenvalue weighted by molar-refractivity contribution is 7.99. The molecular weight excluding hydrogens is 276 g/mol. The van der Waals surface area contributed by atoms with Gasteiger partial charge in [0.15, 0.2) is 0 Å². The summed E-state index contributed by atoms with van der Waals surface area (Å²) in [7, 11) is 0. The standard InChI is InChI=1S/C15H23ClN2S/c1-11-5-7-12(8-6-11)15(18-17)10-19-14-4-2-3-13(16)9-14/h2-4,9,11-12,15,18H,5-8,10,17H2,1H3. The zero-order valence-corrected chi connectivity index (χ0v) is 13.0. The molecule has 0 bridgehead atoms. The van der Waals surface area contributed by atoms with Crippen molar-refractivity contribution in [2.45, 2.75) is 43.5 Å². The fourth-order valence-corrected chi connectivity index (χ4v) is 4.13. The normalized spacial score (nSPS) is 25.2. The molecule has 1 aliphatic carbocycles. The summed E-state index contributed by atoms with van der Waals surface area (Å²) in [5, 5.41) is 0.800. The summed E-state index contributed by atoms with van der Waals surface area (Å²) in [5.41, 5.74) is 3.02. The minimum absolute atomic E-state index is 0.400. The third-order valence-corrected chi connectivity index (χ3v) is 5.42. The quantitative estimate of drug-likeness (QED) is 0.488. The van der Waals surface area contributed by atoms with Gasteiger partial charge in [-0.1, -0.05) is 37.4 Å². The van der Waals surface area contributed by atoms with Crippen molar-refractivity contribution in [3.05, 3.63) is 29.3 Å². The molecule has 0 amide bonds. The molecule has 0 heterocycles. The van der Waals surface area contributed by atoms with Gasteiger partial charge in [0.1, 0.15) is 0 Å². The van der Waals surface area contributed by atoms with Crippen LogP contribution in [0.1, 0.15) is 32.6 Å². The lowest BCUT2D eigenvalue weighted by atomic mass is 9.80. The van der Waals surface area contributed by atoms with Gasteiger partial charge >= 0.3 is 0 Å². The van der Waals surface area contributed by atoms with Crippen molar-refractivity contribution in [2.24, 2.45) is 17.7 Å². The van der Waals surface area contributed by atoms with Gasteiger partial charge in [-0.3, -0.25) is 11.3 Å². The van der Waals surface area contributed by atoms with Crippen LogP contribution in [0.25, 0.3) is 0 Å². The van der Waals surface area contributed by atoms with Crippen LogP contribution in [-0.4, -0.2) is 11.8 Å². The Bertz CT molecular complexity index is 391. The number of rotatable bonds is 5. The van der Waals surface area contributed by atoms with Crippen LogP contribution in [-0.2, 0) is 0 Å². The second-order valence-corrected chi connectivity index (χ2v) is 7.09. The van der Waals surface area contributed by atoms with E-state index in [1.807, 2.05) is 30.0 Å². The second kappa shape index (κ2) is 7.53. The Morgan fingerprint density at radius 1 is 1.37 bits per heavy atom. The molecule has 0 saturated heterocycles. The van der Waals surface area contributed by atoms with Gasteiger partial charge in [-0.15, -0.1) is 11.8 Å². The van der Waals surface area contributed by atoms with Gasteiger partial charge in [-0.05, 0) is 42.9 Å². The molecule has 1 atom stereocenters. The van der Waals surface area contributed by atoms with Gasteiger partial charge in [-0.25, -0.2) is 0 Å². The van der Waals surface area contributed by atoms with Gasteiger partial charge in [0.05, 0.1) is 0 Å². The summed E-state index contributed by atoms with van der Waals surface area (Å²) in [6.45, 7) is 2.35. The molecule has 0 aliphatic heterocycles. The predicted molar refractivity (Wildman–Crippen MR) is 84.4 cm³/mol. The van der Waals surface area contributed by atoms with E-state index < -0.39 is 0 Å². The number of halogens is 1. The Morgan fingerprint density at radius 2 is 2.11 bits per heavy atom. The molecule has 1 aliphatic rings. The highest BCUT2D eigenvalue weighted by Gasteiger charge is 2.25. The average molecular weight is 299 g/mol. The number of hydrogen-bond acceptors (Lipinski definition) is 3. The van der Waals surface area contributed by atoms with Crippen LogP contribution in [0.15, 0.2) is 29.2 Å². The van der Waals surface area contributed by atoms with E-state index in [9.17, 15) is 0 Å². The third kappa shape index (κ3) is 4.67.